The average molecular weight is 242 g/mol. The number of benzene rings is 1. The molecule has 0 unspecified atom stereocenters. The van der Waals surface area contributed by atoms with E-state index in [9.17, 15) is 4.79 Å². The Morgan fingerprint density at radius 1 is 1.29 bits per heavy atom. The Balaban J connectivity index is 2.16. The number of rotatable bonds is 1. The molecule has 0 N–H and O–H groups in total. The predicted octanol–water partition coefficient (Wildman–Crippen LogP) is 2.26. The van der Waals surface area contributed by atoms with Gasteiger partial charge in [0.1, 0.15) is 0 Å². The van der Waals surface area contributed by atoms with Gasteiger partial charge in [-0.1, -0.05) is 23.6 Å². The first-order valence-corrected chi connectivity index (χ1v) is 6.07. The summed E-state index contributed by atoms with van der Waals surface area (Å²) in [5.41, 5.74) is 2.58. The maximum absolute atomic E-state index is 10.7. The summed E-state index contributed by atoms with van der Waals surface area (Å²) in [6.45, 7) is 1.54. The summed E-state index contributed by atoms with van der Waals surface area (Å²) in [7, 11) is 0. The van der Waals surface area contributed by atoms with Gasteiger partial charge in [0.2, 0.25) is 0 Å². The Labute approximate surface area is 104 Å². The van der Waals surface area contributed by atoms with Gasteiger partial charge >= 0.3 is 0 Å². The predicted molar refractivity (Wildman–Crippen MR) is 69.6 cm³/mol. The molecule has 0 fully saturated rings. The zero-order valence-electron chi connectivity index (χ0n) is 9.30. The Kier molecular flexibility index (Phi) is 3.73. The van der Waals surface area contributed by atoms with Crippen LogP contribution in [0.2, 0.25) is 0 Å². The smallest absolute Gasteiger partial charge is 0.186 e. The third kappa shape index (κ3) is 3.30. The van der Waals surface area contributed by atoms with E-state index in [4.69, 9.17) is 0 Å². The average Bonchev–Trinajstić information content (AvgIpc) is 2.34. The van der Waals surface area contributed by atoms with E-state index in [0.717, 1.165) is 16.6 Å². The van der Waals surface area contributed by atoms with Gasteiger partial charge in [-0.25, -0.2) is 0 Å². The second-order valence-corrected chi connectivity index (χ2v) is 4.49. The monoisotopic (exact) mass is 242 g/mol. The number of hydrogen-bond acceptors (Lipinski definition) is 4. The van der Waals surface area contributed by atoms with E-state index >= 15 is 0 Å². The maximum atomic E-state index is 10.7. The van der Waals surface area contributed by atoms with E-state index < -0.39 is 0 Å². The number of carbonyl (C=O) groups excluding carboxylic acids is 1. The zero-order chi connectivity index (χ0) is 12.1. The van der Waals surface area contributed by atoms with Crippen molar-refractivity contribution >= 4 is 27.9 Å². The van der Waals surface area contributed by atoms with Gasteiger partial charge in [0.15, 0.2) is 5.12 Å². The zero-order valence-corrected chi connectivity index (χ0v) is 10.1. The van der Waals surface area contributed by atoms with Gasteiger partial charge in [0.25, 0.3) is 0 Å². The SMILES string of the molecule is CC(=O)SCC#Cc1ccc2nccnc2c1. The second-order valence-electron chi connectivity index (χ2n) is 3.34. The Hall–Kier alpha value is -1.86. The first-order valence-electron chi connectivity index (χ1n) is 5.09. The van der Waals surface area contributed by atoms with Crippen molar-refractivity contribution < 1.29 is 4.79 Å². The summed E-state index contributed by atoms with van der Waals surface area (Å²) >= 11 is 1.21. The van der Waals surface area contributed by atoms with Crippen LogP contribution in [0.25, 0.3) is 11.0 Å². The van der Waals surface area contributed by atoms with E-state index in [1.54, 1.807) is 12.4 Å². The first-order chi connectivity index (χ1) is 8.25. The molecule has 3 nitrogen and oxygen atoms in total. The van der Waals surface area contributed by atoms with E-state index in [0.29, 0.717) is 5.75 Å². The lowest BCUT2D eigenvalue weighted by molar-refractivity contribution is -0.109. The maximum Gasteiger partial charge on any atom is 0.186 e. The van der Waals surface area contributed by atoms with Gasteiger partial charge < -0.3 is 0 Å². The normalized spacial score (nSPS) is 9.71. The van der Waals surface area contributed by atoms with E-state index in [1.807, 2.05) is 18.2 Å². The summed E-state index contributed by atoms with van der Waals surface area (Å²) < 4.78 is 0. The minimum absolute atomic E-state index is 0.0867. The van der Waals surface area contributed by atoms with Crippen LogP contribution >= 0.6 is 11.8 Å². The lowest BCUT2D eigenvalue weighted by Crippen LogP contribution is -1.84. The molecule has 0 radical (unpaired) electrons. The van der Waals surface area contributed by atoms with Crippen LogP contribution in [0.4, 0.5) is 0 Å². The Bertz CT molecular complexity index is 613. The molecule has 1 heterocycles. The van der Waals surface area contributed by atoms with Gasteiger partial charge in [-0.05, 0) is 18.2 Å². The van der Waals surface area contributed by atoms with Crippen molar-refractivity contribution in [2.75, 3.05) is 5.75 Å². The summed E-state index contributed by atoms with van der Waals surface area (Å²) in [6.07, 6.45) is 3.32. The molecule has 4 heteroatoms. The third-order valence-electron chi connectivity index (χ3n) is 2.05. The molecule has 0 bridgehead atoms. The molecule has 0 aliphatic carbocycles. The minimum atomic E-state index is 0.0867. The molecular formula is C13H10N2OS. The van der Waals surface area contributed by atoms with Gasteiger partial charge in [0.05, 0.1) is 16.8 Å². The van der Waals surface area contributed by atoms with Crippen molar-refractivity contribution in [3.8, 4) is 11.8 Å². The molecule has 2 aromatic rings. The summed E-state index contributed by atoms with van der Waals surface area (Å²) in [5, 5.41) is 0.0867. The van der Waals surface area contributed by atoms with Crippen molar-refractivity contribution in [1.29, 1.82) is 0 Å². The van der Waals surface area contributed by atoms with Crippen molar-refractivity contribution in [2.24, 2.45) is 0 Å². The number of fused-ring (bicyclic) bond motifs is 1. The number of hydrogen-bond donors (Lipinski definition) is 0. The highest BCUT2D eigenvalue weighted by molar-refractivity contribution is 8.13. The number of thioether (sulfide) groups is 1. The molecule has 0 atom stereocenters. The molecule has 2 rings (SSSR count). The first kappa shape index (κ1) is 11.6. The lowest BCUT2D eigenvalue weighted by Gasteiger charge is -1.95. The fraction of sp³-hybridized carbons (Fsp3) is 0.154. The van der Waals surface area contributed by atoms with Crippen LogP contribution < -0.4 is 0 Å². The van der Waals surface area contributed by atoms with E-state index in [2.05, 4.69) is 21.8 Å². The molecule has 84 valence electrons. The molecule has 0 aliphatic heterocycles. The van der Waals surface area contributed by atoms with Crippen LogP contribution in [0.5, 0.6) is 0 Å². The van der Waals surface area contributed by atoms with Crippen molar-refractivity contribution in [1.82, 2.24) is 9.97 Å². The van der Waals surface area contributed by atoms with Crippen molar-refractivity contribution in [3.63, 3.8) is 0 Å². The highest BCUT2D eigenvalue weighted by Crippen LogP contribution is 2.09. The van der Waals surface area contributed by atoms with Crippen LogP contribution in [0.1, 0.15) is 12.5 Å². The molecule has 0 saturated heterocycles. The Morgan fingerprint density at radius 3 is 2.82 bits per heavy atom. The van der Waals surface area contributed by atoms with E-state index in [1.165, 1.54) is 18.7 Å². The fourth-order valence-corrected chi connectivity index (χ4v) is 1.66. The highest BCUT2D eigenvalue weighted by Gasteiger charge is 1.95. The van der Waals surface area contributed by atoms with E-state index in [-0.39, 0.29) is 5.12 Å². The number of aromatic nitrogens is 2. The van der Waals surface area contributed by atoms with Crippen LogP contribution in [0.3, 0.4) is 0 Å². The van der Waals surface area contributed by atoms with Crippen LogP contribution in [-0.2, 0) is 4.79 Å². The quantitative estimate of drug-likeness (QED) is 0.719. The third-order valence-corrected chi connectivity index (χ3v) is 2.74. The highest BCUT2D eigenvalue weighted by atomic mass is 32.2. The molecule has 17 heavy (non-hydrogen) atoms. The van der Waals surface area contributed by atoms with Gasteiger partial charge in [-0.2, -0.15) is 0 Å². The number of carbonyl (C=O) groups is 1. The van der Waals surface area contributed by atoms with Gasteiger partial charge in [-0.15, -0.1) is 0 Å². The van der Waals surface area contributed by atoms with Gasteiger partial charge in [0, 0.05) is 24.9 Å². The molecule has 0 spiro atoms. The fourth-order valence-electron chi connectivity index (χ4n) is 1.32. The minimum Gasteiger partial charge on any atom is -0.288 e. The number of nitrogens with zero attached hydrogens (tertiary/aromatic N) is 2. The van der Waals surface area contributed by atoms with Crippen LogP contribution in [0.15, 0.2) is 30.6 Å². The summed E-state index contributed by atoms with van der Waals surface area (Å²) in [5.74, 6) is 6.46. The topological polar surface area (TPSA) is 42.9 Å². The van der Waals surface area contributed by atoms with Crippen LogP contribution in [0, 0.1) is 11.8 Å². The largest absolute Gasteiger partial charge is 0.288 e. The van der Waals surface area contributed by atoms with Crippen molar-refractivity contribution in [2.45, 2.75) is 6.92 Å². The molecule has 0 amide bonds. The van der Waals surface area contributed by atoms with Gasteiger partial charge in [-0.3, -0.25) is 14.8 Å². The molecule has 1 aromatic carbocycles. The second kappa shape index (κ2) is 5.46. The Morgan fingerprint density at radius 2 is 2.06 bits per heavy atom. The summed E-state index contributed by atoms with van der Waals surface area (Å²) in [4.78, 5) is 19.1. The summed E-state index contributed by atoms with van der Waals surface area (Å²) in [6, 6.07) is 5.70. The lowest BCUT2D eigenvalue weighted by atomic mass is 10.2. The molecule has 0 aliphatic rings. The van der Waals surface area contributed by atoms with Crippen LogP contribution in [-0.4, -0.2) is 20.8 Å². The molecular weight excluding hydrogens is 232 g/mol. The van der Waals surface area contributed by atoms with Crippen molar-refractivity contribution in [3.05, 3.63) is 36.2 Å². The molecule has 0 saturated carbocycles. The standard InChI is InChI=1S/C13H10N2OS/c1-10(16)17-8-2-3-11-4-5-12-13(9-11)15-7-6-14-12/h4-7,9H,8H2,1H3. The molecule has 1 aromatic heterocycles.